The lowest BCUT2D eigenvalue weighted by Crippen LogP contribution is -1.93. The third kappa shape index (κ3) is 6.57. The van der Waals surface area contributed by atoms with Crippen molar-refractivity contribution >= 4 is 5.78 Å². The minimum atomic E-state index is -0.600. The zero-order valence-electron chi connectivity index (χ0n) is 8.69. The van der Waals surface area contributed by atoms with Crippen molar-refractivity contribution in [1.82, 2.24) is 0 Å². The molecule has 15 heavy (non-hydrogen) atoms. The summed E-state index contributed by atoms with van der Waals surface area (Å²) in [4.78, 5) is 10.6. The average molecular weight is 210 g/mol. The molecule has 0 aliphatic heterocycles. The molecule has 1 atom stereocenters. The number of hydrogen-bond donors (Lipinski definition) is 1. The predicted molar refractivity (Wildman–Crippen MR) is 58.9 cm³/mol. The molecule has 1 unspecified atom stereocenters. The van der Waals surface area contributed by atoms with Gasteiger partial charge >= 0.3 is 0 Å². The quantitative estimate of drug-likeness (QED) is 0.415. The first-order valence-corrected chi connectivity index (χ1v) is 4.56. The van der Waals surface area contributed by atoms with Crippen LogP contribution in [-0.4, -0.2) is 17.5 Å². The Morgan fingerprint density at radius 2 is 2.27 bits per heavy atom. The molecule has 0 saturated heterocycles. The van der Waals surface area contributed by atoms with E-state index in [4.69, 9.17) is 5.11 Å². The van der Waals surface area contributed by atoms with Crippen LogP contribution in [0.25, 0.3) is 0 Å². The van der Waals surface area contributed by atoms with Crippen molar-refractivity contribution in [2.45, 2.75) is 6.92 Å². The van der Waals surface area contributed by atoms with Crippen LogP contribution in [0.5, 0.6) is 0 Å². The molecule has 3 heteroatoms. The fourth-order valence-corrected chi connectivity index (χ4v) is 0.854. The predicted octanol–water partition coefficient (Wildman–Crippen LogP) is 2.34. The molecule has 0 rings (SSSR count). The molecule has 0 saturated carbocycles. The number of allylic oxidation sites excluding steroid dienone is 6. The van der Waals surface area contributed by atoms with Gasteiger partial charge in [-0.2, -0.15) is 0 Å². The Bertz CT molecular complexity index is 301. The Balaban J connectivity index is 4.53. The van der Waals surface area contributed by atoms with Crippen LogP contribution in [0.3, 0.4) is 0 Å². The minimum Gasteiger partial charge on any atom is -0.392 e. The third-order valence-corrected chi connectivity index (χ3v) is 1.61. The van der Waals surface area contributed by atoms with Crippen LogP contribution in [0.2, 0.25) is 0 Å². The summed E-state index contributed by atoms with van der Waals surface area (Å²) in [5.74, 6) is -1.16. The molecule has 0 radical (unpaired) electrons. The summed E-state index contributed by atoms with van der Waals surface area (Å²) in [5.41, 5.74) is 0. The van der Waals surface area contributed by atoms with E-state index in [0.717, 1.165) is 0 Å². The third-order valence-electron chi connectivity index (χ3n) is 1.61. The van der Waals surface area contributed by atoms with Crippen LogP contribution >= 0.6 is 0 Å². The van der Waals surface area contributed by atoms with Gasteiger partial charge in [-0.1, -0.05) is 24.3 Å². The van der Waals surface area contributed by atoms with Gasteiger partial charge in [0.1, 0.15) is 5.83 Å². The molecular formula is C12H15FO2. The van der Waals surface area contributed by atoms with Gasteiger partial charge in [-0.25, -0.2) is 4.39 Å². The molecule has 0 bridgehead atoms. The van der Waals surface area contributed by atoms with Crippen molar-refractivity contribution in [3.05, 3.63) is 48.9 Å². The summed E-state index contributed by atoms with van der Waals surface area (Å²) in [6, 6.07) is 0. The molecule has 0 heterocycles. The Morgan fingerprint density at radius 1 is 1.60 bits per heavy atom. The number of aliphatic hydroxyl groups is 1. The fraction of sp³-hybridized carbons (Fsp3) is 0.250. The topological polar surface area (TPSA) is 37.3 Å². The van der Waals surface area contributed by atoms with Crippen LogP contribution in [0.1, 0.15) is 6.92 Å². The van der Waals surface area contributed by atoms with E-state index in [1.807, 2.05) is 0 Å². The molecule has 0 amide bonds. The summed E-state index contributed by atoms with van der Waals surface area (Å²) in [6.45, 7) is 4.73. The van der Waals surface area contributed by atoms with Crippen LogP contribution in [0, 0.1) is 5.92 Å². The SMILES string of the molecule is C=CC(/C=C/C(C)=O)/C(F)=C\C=C/CO. The van der Waals surface area contributed by atoms with Gasteiger partial charge in [-0.15, -0.1) is 6.58 Å². The monoisotopic (exact) mass is 210 g/mol. The van der Waals surface area contributed by atoms with E-state index in [0.29, 0.717) is 0 Å². The molecule has 0 spiro atoms. The van der Waals surface area contributed by atoms with E-state index < -0.39 is 11.7 Å². The van der Waals surface area contributed by atoms with Crippen molar-refractivity contribution in [2.75, 3.05) is 6.61 Å². The van der Waals surface area contributed by atoms with Gasteiger partial charge in [0.05, 0.1) is 6.61 Å². The van der Waals surface area contributed by atoms with Gasteiger partial charge in [0.25, 0.3) is 0 Å². The molecule has 1 N–H and O–H groups in total. The van der Waals surface area contributed by atoms with Gasteiger partial charge in [0, 0.05) is 5.92 Å². The van der Waals surface area contributed by atoms with E-state index >= 15 is 0 Å². The lowest BCUT2D eigenvalue weighted by Gasteiger charge is -2.02. The lowest BCUT2D eigenvalue weighted by atomic mass is 10.1. The van der Waals surface area contributed by atoms with E-state index in [9.17, 15) is 9.18 Å². The highest BCUT2D eigenvalue weighted by Crippen LogP contribution is 2.15. The van der Waals surface area contributed by atoms with Crippen molar-refractivity contribution in [2.24, 2.45) is 5.92 Å². The first kappa shape index (κ1) is 13.5. The van der Waals surface area contributed by atoms with Gasteiger partial charge in [0.2, 0.25) is 0 Å². The smallest absolute Gasteiger partial charge is 0.152 e. The molecule has 82 valence electrons. The van der Waals surface area contributed by atoms with Crippen molar-refractivity contribution < 1.29 is 14.3 Å². The molecular weight excluding hydrogens is 195 g/mol. The molecule has 0 aliphatic carbocycles. The number of hydrogen-bond acceptors (Lipinski definition) is 2. The summed E-state index contributed by atoms with van der Waals surface area (Å²) in [7, 11) is 0. The number of carbonyl (C=O) groups excluding carboxylic acids is 1. The zero-order chi connectivity index (χ0) is 11.7. The molecule has 2 nitrogen and oxygen atoms in total. The number of ketones is 1. The molecule has 0 aromatic heterocycles. The van der Waals surface area contributed by atoms with Crippen molar-refractivity contribution in [1.29, 1.82) is 0 Å². The van der Waals surface area contributed by atoms with E-state index in [1.54, 1.807) is 0 Å². The molecule has 0 aliphatic rings. The highest BCUT2D eigenvalue weighted by Gasteiger charge is 2.04. The normalized spacial score (nSPS) is 14.7. The van der Waals surface area contributed by atoms with E-state index in [2.05, 4.69) is 6.58 Å². The Hall–Kier alpha value is -1.48. The van der Waals surface area contributed by atoms with Crippen LogP contribution in [-0.2, 0) is 4.79 Å². The standard InChI is InChI=1S/C12H15FO2/c1-3-11(8-7-10(2)15)12(13)6-4-5-9-14/h3-8,11,14H,1,9H2,2H3/b5-4-,8-7+,12-6+. The number of aliphatic hydroxyl groups excluding tert-OH is 1. The first-order chi connectivity index (χ1) is 7.11. The molecule has 0 fully saturated rings. The second kappa shape index (κ2) is 7.88. The zero-order valence-corrected chi connectivity index (χ0v) is 8.69. The summed E-state index contributed by atoms with van der Waals surface area (Å²) in [5, 5.41) is 8.43. The van der Waals surface area contributed by atoms with Crippen LogP contribution < -0.4 is 0 Å². The highest BCUT2D eigenvalue weighted by molar-refractivity contribution is 5.87. The van der Waals surface area contributed by atoms with Gasteiger partial charge in [-0.3, -0.25) is 4.79 Å². The van der Waals surface area contributed by atoms with Crippen LogP contribution in [0.4, 0.5) is 4.39 Å². The van der Waals surface area contributed by atoms with E-state index in [1.165, 1.54) is 43.4 Å². The van der Waals surface area contributed by atoms with Crippen LogP contribution in [0.15, 0.2) is 48.9 Å². The maximum atomic E-state index is 13.3. The summed E-state index contributed by atoms with van der Waals surface area (Å²) in [6.07, 6.45) is 8.19. The fourth-order valence-electron chi connectivity index (χ4n) is 0.854. The van der Waals surface area contributed by atoms with Gasteiger partial charge < -0.3 is 5.11 Å². The average Bonchev–Trinajstić information content (AvgIpc) is 2.18. The largest absolute Gasteiger partial charge is 0.392 e. The van der Waals surface area contributed by atoms with Gasteiger partial charge in [-0.05, 0) is 19.1 Å². The Kier molecular flexibility index (Phi) is 7.10. The second-order valence-electron chi connectivity index (χ2n) is 2.89. The minimum absolute atomic E-state index is 0.133. The van der Waals surface area contributed by atoms with Gasteiger partial charge in [0.15, 0.2) is 5.78 Å². The van der Waals surface area contributed by atoms with E-state index in [-0.39, 0.29) is 12.4 Å². The highest BCUT2D eigenvalue weighted by atomic mass is 19.1. The molecule has 0 aromatic rings. The number of rotatable bonds is 6. The summed E-state index contributed by atoms with van der Waals surface area (Å²) < 4.78 is 13.3. The first-order valence-electron chi connectivity index (χ1n) is 4.56. The number of halogens is 1. The maximum absolute atomic E-state index is 13.3. The van der Waals surface area contributed by atoms with Crippen molar-refractivity contribution in [3.63, 3.8) is 0 Å². The Labute approximate surface area is 89.1 Å². The molecule has 0 aromatic carbocycles. The Morgan fingerprint density at radius 3 is 2.73 bits per heavy atom. The maximum Gasteiger partial charge on any atom is 0.152 e. The summed E-state index contributed by atoms with van der Waals surface area (Å²) >= 11 is 0. The number of carbonyl (C=O) groups is 1. The second-order valence-corrected chi connectivity index (χ2v) is 2.89. The van der Waals surface area contributed by atoms with Crippen molar-refractivity contribution in [3.8, 4) is 0 Å². The lowest BCUT2D eigenvalue weighted by molar-refractivity contribution is -0.112.